The van der Waals surface area contributed by atoms with Gasteiger partial charge >= 0.3 is 0 Å². The molecular formula is C29H35NO. The lowest BCUT2D eigenvalue weighted by molar-refractivity contribution is 0.223. The van der Waals surface area contributed by atoms with Crippen LogP contribution in [-0.4, -0.2) is 31.1 Å². The first kappa shape index (κ1) is 22.8. The summed E-state index contributed by atoms with van der Waals surface area (Å²) in [5, 5.41) is 0. The molecule has 0 aliphatic rings. The fourth-order valence-electron chi connectivity index (χ4n) is 3.96. The number of hydrogen-bond donors (Lipinski definition) is 0. The van der Waals surface area contributed by atoms with Gasteiger partial charge in [0.1, 0.15) is 12.4 Å². The standard InChI is InChI=1S/C29H35NO/c1-4-25(23-24-13-9-7-10-14-24)29(26-15-11-8-12-16-26)27-17-19-28(20-18-27)31-22-21-30(5-2)6-3/h7-20H,4-6,21-23H2,1-3H3/b29-25-. The molecule has 0 atom stereocenters. The van der Waals surface area contributed by atoms with Crippen molar-refractivity contribution in [3.05, 3.63) is 107 Å². The fraction of sp³-hybridized carbons (Fsp3) is 0.310. The molecule has 2 nitrogen and oxygen atoms in total. The van der Waals surface area contributed by atoms with Gasteiger partial charge in [0, 0.05) is 6.54 Å². The van der Waals surface area contributed by atoms with Crippen molar-refractivity contribution in [3.8, 4) is 5.75 Å². The molecule has 3 rings (SSSR count). The maximum atomic E-state index is 6.01. The highest BCUT2D eigenvalue weighted by molar-refractivity contribution is 5.82. The monoisotopic (exact) mass is 413 g/mol. The summed E-state index contributed by atoms with van der Waals surface area (Å²) < 4.78 is 6.01. The number of benzene rings is 3. The van der Waals surface area contributed by atoms with Gasteiger partial charge in [-0.1, -0.05) is 99.1 Å². The molecule has 0 unspecified atom stereocenters. The molecule has 3 aromatic rings. The summed E-state index contributed by atoms with van der Waals surface area (Å²) in [6.07, 6.45) is 1.98. The van der Waals surface area contributed by atoms with E-state index in [4.69, 9.17) is 4.74 Å². The third-order valence-electron chi connectivity index (χ3n) is 5.82. The number of hydrogen-bond acceptors (Lipinski definition) is 2. The Balaban J connectivity index is 1.86. The van der Waals surface area contributed by atoms with Crippen molar-refractivity contribution >= 4 is 5.57 Å². The van der Waals surface area contributed by atoms with Crippen molar-refractivity contribution in [2.75, 3.05) is 26.2 Å². The lowest BCUT2D eigenvalue weighted by atomic mass is 9.88. The smallest absolute Gasteiger partial charge is 0.119 e. The summed E-state index contributed by atoms with van der Waals surface area (Å²) in [6.45, 7) is 10.4. The predicted molar refractivity (Wildman–Crippen MR) is 133 cm³/mol. The van der Waals surface area contributed by atoms with Crippen molar-refractivity contribution in [1.82, 2.24) is 4.90 Å². The Kier molecular flexibility index (Phi) is 8.93. The molecule has 0 bridgehead atoms. The SMILES string of the molecule is CC/C(Cc1ccccc1)=C(\c1ccccc1)c1ccc(OCCN(CC)CC)cc1. The highest BCUT2D eigenvalue weighted by Crippen LogP contribution is 2.31. The minimum Gasteiger partial charge on any atom is -0.492 e. The van der Waals surface area contributed by atoms with Gasteiger partial charge in [-0.3, -0.25) is 0 Å². The zero-order valence-corrected chi connectivity index (χ0v) is 19.2. The third kappa shape index (κ3) is 6.57. The number of allylic oxidation sites excluding steroid dienone is 1. The molecule has 0 saturated carbocycles. The summed E-state index contributed by atoms with van der Waals surface area (Å²) in [4.78, 5) is 2.38. The molecule has 0 aromatic heterocycles. The van der Waals surface area contributed by atoms with Crippen LogP contribution < -0.4 is 4.74 Å². The third-order valence-corrected chi connectivity index (χ3v) is 5.82. The van der Waals surface area contributed by atoms with Gasteiger partial charge in [0.25, 0.3) is 0 Å². The Morgan fingerprint density at radius 2 is 1.29 bits per heavy atom. The fourth-order valence-corrected chi connectivity index (χ4v) is 3.96. The van der Waals surface area contributed by atoms with Crippen LogP contribution in [0.3, 0.4) is 0 Å². The van der Waals surface area contributed by atoms with Gasteiger partial charge in [0.15, 0.2) is 0 Å². The second kappa shape index (κ2) is 12.1. The first-order valence-corrected chi connectivity index (χ1v) is 11.5. The van der Waals surface area contributed by atoms with Gasteiger partial charge in [-0.15, -0.1) is 0 Å². The van der Waals surface area contributed by atoms with E-state index >= 15 is 0 Å². The first-order chi connectivity index (χ1) is 15.2. The summed E-state index contributed by atoms with van der Waals surface area (Å²) in [5.41, 5.74) is 6.65. The largest absolute Gasteiger partial charge is 0.492 e. The van der Waals surface area contributed by atoms with Crippen molar-refractivity contribution in [1.29, 1.82) is 0 Å². The molecule has 0 radical (unpaired) electrons. The van der Waals surface area contributed by atoms with Gasteiger partial charge in [-0.05, 0) is 60.3 Å². The van der Waals surface area contributed by atoms with E-state index in [1.54, 1.807) is 0 Å². The van der Waals surface area contributed by atoms with Crippen LogP contribution in [0, 0.1) is 0 Å². The number of nitrogens with zero attached hydrogens (tertiary/aromatic N) is 1. The van der Waals surface area contributed by atoms with E-state index in [-0.39, 0.29) is 0 Å². The van der Waals surface area contributed by atoms with Crippen molar-refractivity contribution in [2.45, 2.75) is 33.6 Å². The number of likely N-dealkylation sites (N-methyl/N-ethyl adjacent to an activating group) is 1. The van der Waals surface area contributed by atoms with Crippen LogP contribution >= 0.6 is 0 Å². The molecule has 0 fully saturated rings. The van der Waals surface area contributed by atoms with Crippen molar-refractivity contribution < 1.29 is 4.74 Å². The van der Waals surface area contributed by atoms with Crippen molar-refractivity contribution in [3.63, 3.8) is 0 Å². The maximum absolute atomic E-state index is 6.01. The van der Waals surface area contributed by atoms with Crippen LogP contribution in [0.2, 0.25) is 0 Å². The van der Waals surface area contributed by atoms with E-state index in [0.29, 0.717) is 0 Å². The van der Waals surface area contributed by atoms with Gasteiger partial charge in [-0.25, -0.2) is 0 Å². The lowest BCUT2D eigenvalue weighted by Crippen LogP contribution is -2.27. The van der Waals surface area contributed by atoms with Crippen molar-refractivity contribution in [2.24, 2.45) is 0 Å². The molecule has 0 saturated heterocycles. The van der Waals surface area contributed by atoms with Gasteiger partial charge in [0.2, 0.25) is 0 Å². The molecule has 0 spiro atoms. The maximum Gasteiger partial charge on any atom is 0.119 e. The molecule has 0 N–H and O–H groups in total. The van der Waals surface area contributed by atoms with E-state index in [0.717, 1.165) is 44.8 Å². The summed E-state index contributed by atoms with van der Waals surface area (Å²) in [6, 6.07) is 30.1. The molecule has 162 valence electrons. The number of rotatable bonds is 11. The van der Waals surface area contributed by atoms with E-state index in [1.165, 1.54) is 27.8 Å². The second-order valence-electron chi connectivity index (χ2n) is 7.76. The van der Waals surface area contributed by atoms with Crippen LogP contribution in [0.25, 0.3) is 5.57 Å². The Labute approximate surface area is 188 Å². The predicted octanol–water partition coefficient (Wildman–Crippen LogP) is 6.86. The molecular weight excluding hydrogens is 378 g/mol. The zero-order valence-electron chi connectivity index (χ0n) is 19.2. The quantitative estimate of drug-likeness (QED) is 0.340. The zero-order chi connectivity index (χ0) is 21.9. The number of ether oxygens (including phenoxy) is 1. The molecule has 2 heteroatoms. The molecule has 0 aliphatic carbocycles. The van der Waals surface area contributed by atoms with E-state index < -0.39 is 0 Å². The molecule has 0 heterocycles. The molecule has 0 aliphatic heterocycles. The molecule has 0 amide bonds. The average molecular weight is 414 g/mol. The van der Waals surface area contributed by atoms with E-state index in [1.807, 2.05) is 0 Å². The highest BCUT2D eigenvalue weighted by Gasteiger charge is 2.12. The van der Waals surface area contributed by atoms with Crippen LogP contribution in [0.15, 0.2) is 90.5 Å². The molecule has 3 aromatic carbocycles. The first-order valence-electron chi connectivity index (χ1n) is 11.5. The van der Waals surface area contributed by atoms with Gasteiger partial charge < -0.3 is 9.64 Å². The minimum atomic E-state index is 0.719. The van der Waals surface area contributed by atoms with Crippen LogP contribution in [-0.2, 0) is 6.42 Å². The lowest BCUT2D eigenvalue weighted by Gasteiger charge is -2.19. The Morgan fingerprint density at radius 3 is 1.87 bits per heavy atom. The summed E-state index contributed by atoms with van der Waals surface area (Å²) in [7, 11) is 0. The van der Waals surface area contributed by atoms with Crippen LogP contribution in [0.4, 0.5) is 0 Å². The topological polar surface area (TPSA) is 12.5 Å². The molecule has 31 heavy (non-hydrogen) atoms. The Hall–Kier alpha value is -2.84. The summed E-state index contributed by atoms with van der Waals surface area (Å²) >= 11 is 0. The van der Waals surface area contributed by atoms with Crippen LogP contribution in [0.5, 0.6) is 5.75 Å². The van der Waals surface area contributed by atoms with E-state index in [9.17, 15) is 0 Å². The van der Waals surface area contributed by atoms with E-state index in [2.05, 4.69) is 111 Å². The normalized spacial score (nSPS) is 12.0. The minimum absolute atomic E-state index is 0.719. The van der Waals surface area contributed by atoms with Gasteiger partial charge in [0.05, 0.1) is 0 Å². The highest BCUT2D eigenvalue weighted by atomic mass is 16.5. The second-order valence-corrected chi connectivity index (χ2v) is 7.76. The average Bonchev–Trinajstić information content (AvgIpc) is 2.83. The Morgan fingerprint density at radius 1 is 0.710 bits per heavy atom. The summed E-state index contributed by atoms with van der Waals surface area (Å²) in [5.74, 6) is 0.935. The van der Waals surface area contributed by atoms with Gasteiger partial charge in [-0.2, -0.15) is 0 Å². The van der Waals surface area contributed by atoms with Crippen LogP contribution in [0.1, 0.15) is 43.9 Å². The Bertz CT molecular complexity index is 925.